The van der Waals surface area contributed by atoms with Gasteiger partial charge in [0.1, 0.15) is 0 Å². The van der Waals surface area contributed by atoms with Crippen LogP contribution < -0.4 is 4.90 Å². The number of ketones is 1. The van der Waals surface area contributed by atoms with Gasteiger partial charge >= 0.3 is 0 Å². The van der Waals surface area contributed by atoms with Gasteiger partial charge in [0, 0.05) is 29.9 Å². The Bertz CT molecular complexity index is 814. The van der Waals surface area contributed by atoms with Crippen LogP contribution in [0.5, 0.6) is 0 Å². The van der Waals surface area contributed by atoms with Crippen molar-refractivity contribution in [3.05, 3.63) is 47.5 Å². The number of likely N-dealkylation sites (N-methyl/N-ethyl adjacent to an activating group) is 1. The molecule has 0 fully saturated rings. The Labute approximate surface area is 156 Å². The fraction of sp³-hybridized carbons (Fsp3) is 0.389. The van der Waals surface area contributed by atoms with E-state index in [9.17, 15) is 4.79 Å². The summed E-state index contributed by atoms with van der Waals surface area (Å²) in [6.45, 7) is 4.29. The van der Waals surface area contributed by atoms with E-state index in [1.165, 1.54) is 17.3 Å². The predicted octanol–water partition coefficient (Wildman–Crippen LogP) is 3.91. The van der Waals surface area contributed by atoms with Crippen molar-refractivity contribution in [2.24, 2.45) is 0 Å². The normalized spacial score (nSPS) is 17.1. The van der Waals surface area contributed by atoms with Crippen LogP contribution in [0, 0.1) is 0 Å². The van der Waals surface area contributed by atoms with E-state index in [1.807, 2.05) is 25.4 Å². The van der Waals surface area contributed by atoms with Gasteiger partial charge in [-0.3, -0.25) is 4.79 Å². The number of anilines is 1. The van der Waals surface area contributed by atoms with Gasteiger partial charge < -0.3 is 9.32 Å². The first-order valence-electron chi connectivity index (χ1n) is 7.96. The Hall–Kier alpha value is -1.73. The first-order valence-corrected chi connectivity index (χ1v) is 10.3. The number of thioether (sulfide) groups is 2. The van der Waals surface area contributed by atoms with E-state index < -0.39 is 0 Å². The summed E-state index contributed by atoms with van der Waals surface area (Å²) < 4.78 is 5.49. The maximum absolute atomic E-state index is 12.5. The van der Waals surface area contributed by atoms with Crippen LogP contribution in [0.15, 0.2) is 45.7 Å². The molecule has 1 aromatic heterocycles. The van der Waals surface area contributed by atoms with Gasteiger partial charge in [-0.05, 0) is 17.9 Å². The van der Waals surface area contributed by atoms with Crippen molar-refractivity contribution in [2.75, 3.05) is 24.0 Å². The predicted molar refractivity (Wildman–Crippen MR) is 103 cm³/mol. The van der Waals surface area contributed by atoms with Crippen molar-refractivity contribution in [1.82, 2.24) is 10.2 Å². The molecule has 0 saturated carbocycles. The van der Waals surface area contributed by atoms with Gasteiger partial charge in [0.05, 0.1) is 11.5 Å². The summed E-state index contributed by atoms with van der Waals surface area (Å²) in [6, 6.07) is 8.27. The Morgan fingerprint density at radius 3 is 2.80 bits per heavy atom. The maximum atomic E-state index is 12.5. The zero-order chi connectivity index (χ0) is 18.0. The number of allylic oxidation sites excluding steroid dienone is 2. The van der Waals surface area contributed by atoms with Crippen molar-refractivity contribution in [3.63, 3.8) is 0 Å². The fourth-order valence-corrected chi connectivity index (χ4v) is 4.03. The number of hydrogen-bond donors (Lipinski definition) is 0. The molecule has 2 heterocycles. The summed E-state index contributed by atoms with van der Waals surface area (Å²) in [5, 5.41) is 8.36. The second-order valence-corrected chi connectivity index (χ2v) is 8.17. The largest absolute Gasteiger partial charge is 0.415 e. The number of nitrogens with zero attached hydrogens (tertiary/aromatic N) is 3. The molecule has 7 heteroatoms. The Kier molecular flexibility index (Phi) is 5.24. The quantitative estimate of drug-likeness (QED) is 0.560. The lowest BCUT2D eigenvalue weighted by atomic mass is 9.83. The molecule has 0 bridgehead atoms. The number of rotatable bonds is 6. The van der Waals surface area contributed by atoms with Crippen LogP contribution >= 0.6 is 23.5 Å². The highest BCUT2D eigenvalue weighted by Gasteiger charge is 2.38. The molecule has 0 spiro atoms. The molecule has 0 saturated heterocycles. The van der Waals surface area contributed by atoms with Crippen molar-refractivity contribution in [2.45, 2.75) is 30.2 Å². The monoisotopic (exact) mass is 375 g/mol. The Morgan fingerprint density at radius 2 is 2.08 bits per heavy atom. The average Bonchev–Trinajstić information content (AvgIpc) is 3.11. The zero-order valence-electron chi connectivity index (χ0n) is 14.8. The lowest BCUT2D eigenvalue weighted by molar-refractivity contribution is -0.112. The molecular formula is C18H21N3O2S2. The molecule has 0 amide bonds. The molecule has 1 aromatic carbocycles. The van der Waals surface area contributed by atoms with Crippen molar-refractivity contribution in [3.8, 4) is 0 Å². The van der Waals surface area contributed by atoms with E-state index in [0.29, 0.717) is 16.9 Å². The smallest absolute Gasteiger partial charge is 0.277 e. The number of benzene rings is 1. The molecule has 0 atom stereocenters. The molecule has 5 nitrogen and oxygen atoms in total. The maximum Gasteiger partial charge on any atom is 0.277 e. The van der Waals surface area contributed by atoms with Gasteiger partial charge in [-0.1, -0.05) is 43.8 Å². The van der Waals surface area contributed by atoms with Crippen LogP contribution in [0.3, 0.4) is 0 Å². The standard InChI is InChI=1S/C18H21N3O2S2/c1-18(2)13-7-5-6-8-14(13)21(3)15(18)9-12(22)10-25-17-20-19-16(23-17)11-24-4/h5-9H,10-11H2,1-4H3. The van der Waals surface area contributed by atoms with Crippen LogP contribution in [0.1, 0.15) is 25.3 Å². The van der Waals surface area contributed by atoms with Gasteiger partial charge in [0.25, 0.3) is 5.22 Å². The third-order valence-electron chi connectivity index (χ3n) is 4.29. The van der Waals surface area contributed by atoms with E-state index in [2.05, 4.69) is 41.1 Å². The summed E-state index contributed by atoms with van der Waals surface area (Å²) in [5.74, 6) is 1.60. The third kappa shape index (κ3) is 3.62. The summed E-state index contributed by atoms with van der Waals surface area (Å²) in [6.07, 6.45) is 3.72. The van der Waals surface area contributed by atoms with E-state index in [0.717, 1.165) is 11.4 Å². The van der Waals surface area contributed by atoms with E-state index in [4.69, 9.17) is 4.42 Å². The molecule has 3 rings (SSSR count). The fourth-order valence-electron chi connectivity index (χ4n) is 3.06. The number of para-hydroxylation sites is 1. The second-order valence-electron chi connectivity index (χ2n) is 6.38. The van der Waals surface area contributed by atoms with Crippen molar-refractivity contribution in [1.29, 1.82) is 0 Å². The molecular weight excluding hydrogens is 354 g/mol. The minimum absolute atomic E-state index is 0.0392. The third-order valence-corrected chi connectivity index (χ3v) is 5.67. The molecule has 1 aliphatic rings. The van der Waals surface area contributed by atoms with Crippen LogP contribution in [0.25, 0.3) is 0 Å². The lowest BCUT2D eigenvalue weighted by Gasteiger charge is -2.23. The highest BCUT2D eigenvalue weighted by molar-refractivity contribution is 7.99. The number of fused-ring (bicyclic) bond motifs is 1. The van der Waals surface area contributed by atoms with Gasteiger partial charge in [-0.2, -0.15) is 11.8 Å². The topological polar surface area (TPSA) is 59.2 Å². The van der Waals surface area contributed by atoms with E-state index in [-0.39, 0.29) is 17.0 Å². The van der Waals surface area contributed by atoms with Crippen LogP contribution in [0.2, 0.25) is 0 Å². The number of hydrogen-bond acceptors (Lipinski definition) is 7. The first kappa shape index (κ1) is 18.1. The summed E-state index contributed by atoms with van der Waals surface area (Å²) >= 11 is 2.90. The number of carbonyl (C=O) groups is 1. The van der Waals surface area contributed by atoms with Crippen molar-refractivity contribution < 1.29 is 9.21 Å². The number of carbonyl (C=O) groups excluding carboxylic acids is 1. The second kappa shape index (κ2) is 7.25. The molecule has 0 aliphatic carbocycles. The molecule has 25 heavy (non-hydrogen) atoms. The van der Waals surface area contributed by atoms with Gasteiger partial charge in [-0.25, -0.2) is 0 Å². The summed E-state index contributed by atoms with van der Waals surface area (Å²) in [5.41, 5.74) is 3.20. The van der Waals surface area contributed by atoms with Crippen LogP contribution in [0.4, 0.5) is 5.69 Å². The molecule has 0 unspecified atom stereocenters. The van der Waals surface area contributed by atoms with Crippen molar-refractivity contribution >= 4 is 35.0 Å². The van der Waals surface area contributed by atoms with E-state index in [1.54, 1.807) is 17.8 Å². The molecule has 1 aliphatic heterocycles. The number of aromatic nitrogens is 2. The summed E-state index contributed by atoms with van der Waals surface area (Å²) in [4.78, 5) is 14.6. The van der Waals surface area contributed by atoms with Crippen LogP contribution in [-0.4, -0.2) is 35.0 Å². The lowest BCUT2D eigenvalue weighted by Crippen LogP contribution is -2.24. The minimum Gasteiger partial charge on any atom is -0.415 e. The molecule has 2 aromatic rings. The van der Waals surface area contributed by atoms with E-state index >= 15 is 0 Å². The summed E-state index contributed by atoms with van der Waals surface area (Å²) in [7, 11) is 2.01. The first-order chi connectivity index (χ1) is 11.9. The molecule has 0 radical (unpaired) electrons. The Balaban J connectivity index is 1.71. The Morgan fingerprint density at radius 1 is 1.32 bits per heavy atom. The van der Waals surface area contributed by atoms with Gasteiger partial charge in [-0.15, -0.1) is 10.2 Å². The van der Waals surface area contributed by atoms with Gasteiger partial charge in [0.2, 0.25) is 5.89 Å². The SMILES string of the molecule is CSCc1nnc(SCC(=O)C=C2N(C)c3ccccc3C2(C)C)o1. The molecule has 132 valence electrons. The minimum atomic E-state index is -0.193. The zero-order valence-corrected chi connectivity index (χ0v) is 16.4. The molecule has 0 N–H and O–H groups in total. The van der Waals surface area contributed by atoms with Crippen LogP contribution in [-0.2, 0) is 16.0 Å². The highest BCUT2D eigenvalue weighted by atomic mass is 32.2. The highest BCUT2D eigenvalue weighted by Crippen LogP contribution is 2.46. The van der Waals surface area contributed by atoms with Gasteiger partial charge in [0.15, 0.2) is 5.78 Å². The average molecular weight is 376 g/mol.